The molecule has 1 unspecified atom stereocenters. The third-order valence-corrected chi connectivity index (χ3v) is 3.22. The first kappa shape index (κ1) is 12.7. The molecule has 5 heteroatoms. The Morgan fingerprint density at radius 1 is 1.44 bits per heavy atom. The molecule has 1 atom stereocenters. The maximum absolute atomic E-state index is 11.0. The van der Waals surface area contributed by atoms with Crippen LogP contribution in [0.25, 0.3) is 0 Å². The highest BCUT2D eigenvalue weighted by molar-refractivity contribution is 5.69. The quantitative estimate of drug-likeness (QED) is 0.865. The molecule has 98 valence electrons. The van der Waals surface area contributed by atoms with Crippen molar-refractivity contribution in [3.8, 4) is 11.5 Å². The molecule has 0 radical (unpaired) electrons. The summed E-state index contributed by atoms with van der Waals surface area (Å²) in [6.07, 6.45) is 0.597. The molecule has 0 spiro atoms. The Morgan fingerprint density at radius 3 is 2.61 bits per heavy atom. The molecule has 0 aliphatic carbocycles. The molecule has 5 nitrogen and oxygen atoms in total. The first-order valence-corrected chi connectivity index (χ1v) is 5.69. The summed E-state index contributed by atoms with van der Waals surface area (Å²) in [6, 6.07) is 5.32. The fourth-order valence-electron chi connectivity index (χ4n) is 2.21. The minimum absolute atomic E-state index is 0.0729. The lowest BCUT2D eigenvalue weighted by atomic mass is 9.83. The molecule has 1 aliphatic rings. The second kappa shape index (κ2) is 4.86. The van der Waals surface area contributed by atoms with Gasteiger partial charge in [-0.15, -0.1) is 0 Å². The average molecular weight is 252 g/mol. The van der Waals surface area contributed by atoms with Gasteiger partial charge < -0.3 is 19.3 Å². The molecule has 0 saturated carbocycles. The van der Waals surface area contributed by atoms with Crippen molar-refractivity contribution in [3.63, 3.8) is 0 Å². The number of hydrogen-bond donors (Lipinski definition) is 1. The number of carboxylic acids is 1. The Bertz CT molecular complexity index is 451. The Labute approximate surface area is 105 Å². The van der Waals surface area contributed by atoms with Crippen molar-refractivity contribution in [1.29, 1.82) is 0 Å². The molecule has 1 N–H and O–H groups in total. The predicted octanol–water partition coefficient (Wildman–Crippen LogP) is 1.79. The first-order chi connectivity index (χ1) is 8.61. The van der Waals surface area contributed by atoms with Crippen molar-refractivity contribution in [1.82, 2.24) is 0 Å². The maximum atomic E-state index is 11.0. The Morgan fingerprint density at radius 2 is 2.17 bits per heavy atom. The van der Waals surface area contributed by atoms with Gasteiger partial charge in [0.05, 0.1) is 27.2 Å². The van der Waals surface area contributed by atoms with Crippen LogP contribution in [0, 0.1) is 0 Å². The zero-order valence-corrected chi connectivity index (χ0v) is 10.4. The highest BCUT2D eigenvalue weighted by Gasteiger charge is 2.44. The fraction of sp³-hybridized carbons (Fsp3) is 0.462. The Kier molecular flexibility index (Phi) is 3.43. The summed E-state index contributed by atoms with van der Waals surface area (Å²) < 4.78 is 16.0. The molecule has 2 rings (SSSR count). The molecule has 1 aromatic rings. The lowest BCUT2D eigenvalue weighted by molar-refractivity contribution is -0.176. The van der Waals surface area contributed by atoms with Crippen molar-refractivity contribution in [2.45, 2.75) is 18.4 Å². The van der Waals surface area contributed by atoms with Gasteiger partial charge in [-0.2, -0.15) is 0 Å². The maximum Gasteiger partial charge on any atom is 0.306 e. The number of benzene rings is 1. The predicted molar refractivity (Wildman–Crippen MR) is 64.0 cm³/mol. The van der Waals surface area contributed by atoms with Crippen LogP contribution < -0.4 is 9.47 Å². The van der Waals surface area contributed by atoms with E-state index in [1.165, 1.54) is 0 Å². The lowest BCUT2D eigenvalue weighted by Crippen LogP contribution is -2.43. The third-order valence-electron chi connectivity index (χ3n) is 3.22. The number of rotatable bonds is 5. The number of methoxy groups -OCH3 is 2. The monoisotopic (exact) mass is 252 g/mol. The van der Waals surface area contributed by atoms with E-state index in [2.05, 4.69) is 0 Å². The van der Waals surface area contributed by atoms with Gasteiger partial charge in [0, 0.05) is 12.0 Å². The highest BCUT2D eigenvalue weighted by Crippen LogP contribution is 2.45. The van der Waals surface area contributed by atoms with Crippen LogP contribution in [0.1, 0.15) is 18.4 Å². The fourth-order valence-corrected chi connectivity index (χ4v) is 2.21. The van der Waals surface area contributed by atoms with Crippen LogP contribution in [0.4, 0.5) is 0 Å². The van der Waals surface area contributed by atoms with E-state index < -0.39 is 11.6 Å². The van der Waals surface area contributed by atoms with Gasteiger partial charge in [-0.05, 0) is 18.2 Å². The molecule has 1 saturated heterocycles. The first-order valence-electron chi connectivity index (χ1n) is 5.69. The van der Waals surface area contributed by atoms with Gasteiger partial charge in [0.1, 0.15) is 17.1 Å². The van der Waals surface area contributed by atoms with Crippen LogP contribution in [0.3, 0.4) is 0 Å². The van der Waals surface area contributed by atoms with E-state index in [0.29, 0.717) is 24.5 Å². The van der Waals surface area contributed by atoms with Gasteiger partial charge in [-0.25, -0.2) is 0 Å². The molecule has 18 heavy (non-hydrogen) atoms. The standard InChI is InChI=1S/C13H16O5/c1-16-9-3-4-11(17-2)10(7-9)13(5-6-18-13)8-12(14)15/h3-4,7H,5-6,8H2,1-2H3,(H,14,15). The molecular weight excluding hydrogens is 236 g/mol. The molecule has 0 aromatic heterocycles. The summed E-state index contributed by atoms with van der Waals surface area (Å²) in [6.45, 7) is 0.563. The number of carbonyl (C=O) groups is 1. The van der Waals surface area contributed by atoms with Crippen LogP contribution in [0.15, 0.2) is 18.2 Å². The second-order valence-electron chi connectivity index (χ2n) is 4.23. The SMILES string of the molecule is COc1ccc(OC)c(C2(CC(=O)O)CCO2)c1. The molecule has 0 amide bonds. The van der Waals surface area contributed by atoms with Crippen molar-refractivity contribution in [2.75, 3.05) is 20.8 Å². The van der Waals surface area contributed by atoms with Crippen LogP contribution in [0.2, 0.25) is 0 Å². The molecule has 1 aliphatic heterocycles. The van der Waals surface area contributed by atoms with Crippen LogP contribution in [-0.4, -0.2) is 31.9 Å². The van der Waals surface area contributed by atoms with Gasteiger partial charge in [0.25, 0.3) is 0 Å². The normalized spacial score (nSPS) is 22.1. The van der Waals surface area contributed by atoms with Gasteiger partial charge in [-0.3, -0.25) is 4.79 Å². The summed E-state index contributed by atoms with van der Waals surface area (Å²) in [5, 5.41) is 9.01. The van der Waals surface area contributed by atoms with Gasteiger partial charge in [0.2, 0.25) is 0 Å². The van der Waals surface area contributed by atoms with Crippen LogP contribution in [0.5, 0.6) is 11.5 Å². The van der Waals surface area contributed by atoms with Crippen molar-refractivity contribution in [2.24, 2.45) is 0 Å². The molecule has 1 aromatic carbocycles. The van der Waals surface area contributed by atoms with Crippen LogP contribution in [-0.2, 0) is 15.1 Å². The zero-order chi connectivity index (χ0) is 13.2. The van der Waals surface area contributed by atoms with Crippen molar-refractivity contribution in [3.05, 3.63) is 23.8 Å². The van der Waals surface area contributed by atoms with E-state index in [0.717, 1.165) is 5.56 Å². The summed E-state index contributed by atoms with van der Waals surface area (Å²) in [7, 11) is 3.12. The lowest BCUT2D eigenvalue weighted by Gasteiger charge is -2.42. The number of aliphatic carboxylic acids is 1. The minimum Gasteiger partial charge on any atom is -0.497 e. The number of hydrogen-bond acceptors (Lipinski definition) is 4. The smallest absolute Gasteiger partial charge is 0.306 e. The minimum atomic E-state index is -0.889. The van der Waals surface area contributed by atoms with E-state index in [-0.39, 0.29) is 6.42 Å². The van der Waals surface area contributed by atoms with Gasteiger partial charge in [0.15, 0.2) is 0 Å². The van der Waals surface area contributed by atoms with E-state index in [9.17, 15) is 4.79 Å². The highest BCUT2D eigenvalue weighted by atomic mass is 16.5. The number of ether oxygens (including phenoxy) is 3. The molecular formula is C13H16O5. The third kappa shape index (κ3) is 2.13. The van der Waals surface area contributed by atoms with E-state index >= 15 is 0 Å². The van der Waals surface area contributed by atoms with Crippen molar-refractivity contribution < 1.29 is 24.1 Å². The van der Waals surface area contributed by atoms with Crippen molar-refractivity contribution >= 4 is 5.97 Å². The summed E-state index contributed by atoms with van der Waals surface area (Å²) in [5.74, 6) is 0.391. The topological polar surface area (TPSA) is 65.0 Å². The number of carboxylic acid groups (broad SMARTS) is 1. The molecule has 0 bridgehead atoms. The van der Waals surface area contributed by atoms with E-state index in [1.807, 2.05) is 0 Å². The van der Waals surface area contributed by atoms with E-state index in [4.69, 9.17) is 19.3 Å². The Balaban J connectivity index is 2.43. The average Bonchev–Trinajstić information content (AvgIpc) is 2.32. The second-order valence-corrected chi connectivity index (χ2v) is 4.23. The summed E-state index contributed by atoms with van der Waals surface area (Å²) >= 11 is 0. The molecule has 1 heterocycles. The molecule has 1 fully saturated rings. The zero-order valence-electron chi connectivity index (χ0n) is 10.4. The largest absolute Gasteiger partial charge is 0.497 e. The van der Waals surface area contributed by atoms with Gasteiger partial charge >= 0.3 is 5.97 Å². The van der Waals surface area contributed by atoms with E-state index in [1.54, 1.807) is 32.4 Å². The summed E-state index contributed by atoms with van der Waals surface area (Å²) in [5.41, 5.74) is -0.0517. The summed E-state index contributed by atoms with van der Waals surface area (Å²) in [4.78, 5) is 11.0. The van der Waals surface area contributed by atoms with Gasteiger partial charge in [-0.1, -0.05) is 0 Å². The Hall–Kier alpha value is -1.75. The van der Waals surface area contributed by atoms with Crippen LogP contribution >= 0.6 is 0 Å².